The molecule has 1 aliphatic heterocycles. The van der Waals surface area contributed by atoms with Crippen molar-refractivity contribution in [2.75, 3.05) is 33.4 Å². The molecule has 1 heterocycles. The predicted octanol–water partition coefficient (Wildman–Crippen LogP) is 3.07. The Bertz CT molecular complexity index is 872. The standard InChI is InChI=1S/C24H29FN2O3/c1-17-12-19(8-9-22(17)25)20-14-21(24(29)26-10-11-30-2)16-27(15-20)23(28)13-18-6-4-3-5-7-18/h3-9,12,20-21H,10-11,13-16H2,1-2H3,(H,26,29). The third-order valence-electron chi connectivity index (χ3n) is 5.63. The average molecular weight is 413 g/mol. The maximum Gasteiger partial charge on any atom is 0.227 e. The van der Waals surface area contributed by atoms with Gasteiger partial charge in [-0.15, -0.1) is 0 Å². The van der Waals surface area contributed by atoms with Crippen LogP contribution in [0.25, 0.3) is 0 Å². The van der Waals surface area contributed by atoms with Crippen LogP contribution < -0.4 is 5.32 Å². The van der Waals surface area contributed by atoms with Crippen LogP contribution in [0.3, 0.4) is 0 Å². The number of hydrogen-bond acceptors (Lipinski definition) is 3. The fourth-order valence-corrected chi connectivity index (χ4v) is 3.96. The van der Waals surface area contributed by atoms with Crippen LogP contribution >= 0.6 is 0 Å². The topological polar surface area (TPSA) is 58.6 Å². The molecule has 0 aliphatic carbocycles. The first-order valence-corrected chi connectivity index (χ1v) is 10.3. The Morgan fingerprint density at radius 3 is 2.63 bits per heavy atom. The molecule has 1 aliphatic rings. The van der Waals surface area contributed by atoms with E-state index in [0.29, 0.717) is 44.6 Å². The fraction of sp³-hybridized carbons (Fsp3) is 0.417. The number of likely N-dealkylation sites (tertiary alicyclic amines) is 1. The highest BCUT2D eigenvalue weighted by atomic mass is 19.1. The van der Waals surface area contributed by atoms with Crippen LogP contribution in [0, 0.1) is 18.7 Å². The second-order valence-electron chi connectivity index (χ2n) is 7.88. The second kappa shape index (κ2) is 10.3. The lowest BCUT2D eigenvalue weighted by Crippen LogP contribution is -2.48. The number of halogens is 1. The molecular formula is C24H29FN2O3. The summed E-state index contributed by atoms with van der Waals surface area (Å²) >= 11 is 0. The highest BCUT2D eigenvalue weighted by Gasteiger charge is 2.34. The van der Waals surface area contributed by atoms with Gasteiger partial charge in [-0.1, -0.05) is 42.5 Å². The zero-order valence-electron chi connectivity index (χ0n) is 17.6. The summed E-state index contributed by atoms with van der Waals surface area (Å²) in [6.45, 7) is 3.52. The first-order valence-electron chi connectivity index (χ1n) is 10.3. The molecule has 6 heteroatoms. The van der Waals surface area contributed by atoms with Crippen LogP contribution in [-0.2, 0) is 20.7 Å². The monoisotopic (exact) mass is 412 g/mol. The molecule has 5 nitrogen and oxygen atoms in total. The van der Waals surface area contributed by atoms with Gasteiger partial charge in [0.05, 0.1) is 18.9 Å². The number of piperidine rings is 1. The normalized spacial score (nSPS) is 18.8. The minimum Gasteiger partial charge on any atom is -0.383 e. The number of amides is 2. The Hall–Kier alpha value is -2.73. The Labute approximate surface area is 177 Å². The van der Waals surface area contributed by atoms with Crippen molar-refractivity contribution >= 4 is 11.8 Å². The molecule has 160 valence electrons. The van der Waals surface area contributed by atoms with Gasteiger partial charge >= 0.3 is 0 Å². The van der Waals surface area contributed by atoms with E-state index in [1.54, 1.807) is 25.0 Å². The lowest BCUT2D eigenvalue weighted by atomic mass is 9.83. The highest BCUT2D eigenvalue weighted by Crippen LogP contribution is 2.31. The van der Waals surface area contributed by atoms with Crippen LogP contribution in [0.15, 0.2) is 48.5 Å². The van der Waals surface area contributed by atoms with E-state index in [1.807, 2.05) is 36.4 Å². The molecule has 0 saturated carbocycles. The SMILES string of the molecule is COCCNC(=O)C1CC(c2ccc(F)c(C)c2)CN(C(=O)Cc2ccccc2)C1. The van der Waals surface area contributed by atoms with Gasteiger partial charge in [0.15, 0.2) is 0 Å². The third kappa shape index (κ3) is 5.66. The number of methoxy groups -OCH3 is 1. The molecule has 0 radical (unpaired) electrons. The Balaban J connectivity index is 1.77. The van der Waals surface area contributed by atoms with Gasteiger partial charge in [-0.25, -0.2) is 4.39 Å². The van der Waals surface area contributed by atoms with Gasteiger partial charge in [-0.2, -0.15) is 0 Å². The molecule has 2 atom stereocenters. The summed E-state index contributed by atoms with van der Waals surface area (Å²) in [7, 11) is 1.59. The predicted molar refractivity (Wildman–Crippen MR) is 114 cm³/mol. The lowest BCUT2D eigenvalue weighted by molar-refractivity contribution is -0.135. The van der Waals surface area contributed by atoms with Gasteiger partial charge in [0.25, 0.3) is 0 Å². The quantitative estimate of drug-likeness (QED) is 0.711. The molecule has 0 aromatic heterocycles. The maximum atomic E-state index is 13.8. The van der Waals surface area contributed by atoms with Crippen molar-refractivity contribution in [3.05, 3.63) is 71.0 Å². The molecule has 2 unspecified atom stereocenters. The summed E-state index contributed by atoms with van der Waals surface area (Å²) in [6, 6.07) is 14.6. The van der Waals surface area contributed by atoms with Gasteiger partial charge < -0.3 is 15.0 Å². The maximum absolute atomic E-state index is 13.8. The summed E-state index contributed by atoms with van der Waals surface area (Å²) in [5, 5.41) is 2.89. The van der Waals surface area contributed by atoms with E-state index in [0.717, 1.165) is 11.1 Å². The second-order valence-corrected chi connectivity index (χ2v) is 7.88. The molecule has 1 saturated heterocycles. The smallest absolute Gasteiger partial charge is 0.227 e. The molecular weight excluding hydrogens is 383 g/mol. The van der Waals surface area contributed by atoms with Crippen molar-refractivity contribution in [3.8, 4) is 0 Å². The largest absolute Gasteiger partial charge is 0.383 e. The van der Waals surface area contributed by atoms with Gasteiger partial charge in [-0.05, 0) is 36.1 Å². The van der Waals surface area contributed by atoms with Crippen molar-refractivity contribution in [1.82, 2.24) is 10.2 Å². The van der Waals surface area contributed by atoms with Gasteiger partial charge in [0.1, 0.15) is 5.82 Å². The molecule has 3 rings (SSSR count). The number of carbonyl (C=O) groups is 2. The number of carbonyl (C=O) groups excluding carboxylic acids is 2. The summed E-state index contributed by atoms with van der Waals surface area (Å²) in [5.74, 6) is -0.658. The van der Waals surface area contributed by atoms with Crippen molar-refractivity contribution in [1.29, 1.82) is 0 Å². The van der Waals surface area contributed by atoms with E-state index >= 15 is 0 Å². The Morgan fingerprint density at radius 2 is 1.93 bits per heavy atom. The molecule has 0 bridgehead atoms. The number of nitrogens with one attached hydrogen (secondary N) is 1. The minimum absolute atomic E-state index is 0.000532. The van der Waals surface area contributed by atoms with Crippen LogP contribution in [0.1, 0.15) is 29.0 Å². The van der Waals surface area contributed by atoms with Crippen molar-refractivity contribution in [2.45, 2.75) is 25.7 Å². The molecule has 1 fully saturated rings. The average Bonchev–Trinajstić information content (AvgIpc) is 2.76. The summed E-state index contributed by atoms with van der Waals surface area (Å²) in [4.78, 5) is 27.5. The molecule has 0 spiro atoms. The van der Waals surface area contributed by atoms with E-state index in [1.165, 1.54) is 6.07 Å². The molecule has 1 N–H and O–H groups in total. The van der Waals surface area contributed by atoms with Crippen LogP contribution in [-0.4, -0.2) is 50.1 Å². The van der Waals surface area contributed by atoms with E-state index in [2.05, 4.69) is 5.32 Å². The van der Waals surface area contributed by atoms with Crippen LogP contribution in [0.2, 0.25) is 0 Å². The Morgan fingerprint density at radius 1 is 1.17 bits per heavy atom. The molecule has 2 aromatic carbocycles. The summed E-state index contributed by atoms with van der Waals surface area (Å²) in [5.41, 5.74) is 2.48. The third-order valence-corrected chi connectivity index (χ3v) is 5.63. The van der Waals surface area contributed by atoms with E-state index in [9.17, 15) is 14.0 Å². The number of rotatable bonds is 7. The van der Waals surface area contributed by atoms with Crippen molar-refractivity contribution in [3.63, 3.8) is 0 Å². The number of aryl methyl sites for hydroxylation is 1. The lowest BCUT2D eigenvalue weighted by Gasteiger charge is -2.37. The molecule has 30 heavy (non-hydrogen) atoms. The minimum atomic E-state index is -0.314. The first kappa shape index (κ1) is 22.0. The number of hydrogen-bond donors (Lipinski definition) is 1. The van der Waals surface area contributed by atoms with E-state index in [4.69, 9.17) is 4.74 Å². The van der Waals surface area contributed by atoms with E-state index in [-0.39, 0.29) is 29.5 Å². The zero-order chi connectivity index (χ0) is 21.5. The molecule has 2 amide bonds. The van der Waals surface area contributed by atoms with Crippen LogP contribution in [0.4, 0.5) is 4.39 Å². The summed E-state index contributed by atoms with van der Waals surface area (Å²) < 4.78 is 18.8. The summed E-state index contributed by atoms with van der Waals surface area (Å²) in [6.07, 6.45) is 0.924. The number of benzene rings is 2. The number of nitrogens with zero attached hydrogens (tertiary/aromatic N) is 1. The number of ether oxygens (including phenoxy) is 1. The molecule has 2 aromatic rings. The fourth-order valence-electron chi connectivity index (χ4n) is 3.96. The van der Waals surface area contributed by atoms with E-state index < -0.39 is 0 Å². The van der Waals surface area contributed by atoms with Gasteiger partial charge in [-0.3, -0.25) is 9.59 Å². The Kier molecular flexibility index (Phi) is 7.57. The zero-order valence-corrected chi connectivity index (χ0v) is 17.6. The van der Waals surface area contributed by atoms with Crippen molar-refractivity contribution < 1.29 is 18.7 Å². The first-order chi connectivity index (χ1) is 14.5. The van der Waals surface area contributed by atoms with Gasteiger partial charge in [0.2, 0.25) is 11.8 Å². The van der Waals surface area contributed by atoms with Gasteiger partial charge in [0, 0.05) is 32.7 Å². The van der Waals surface area contributed by atoms with Crippen molar-refractivity contribution in [2.24, 2.45) is 5.92 Å². The van der Waals surface area contributed by atoms with Crippen LogP contribution in [0.5, 0.6) is 0 Å². The highest BCUT2D eigenvalue weighted by molar-refractivity contribution is 5.82.